The number of carbonyl (C=O) groups excluding carboxylic acids is 2. The first-order valence-electron chi connectivity index (χ1n) is 10.9. The summed E-state index contributed by atoms with van der Waals surface area (Å²) in [6.45, 7) is -0.0244. The highest BCUT2D eigenvalue weighted by Crippen LogP contribution is 2.29. The minimum atomic E-state index is -2.74. The molecule has 1 aliphatic rings. The van der Waals surface area contributed by atoms with Crippen molar-refractivity contribution in [3.8, 4) is 5.69 Å². The summed E-state index contributed by atoms with van der Waals surface area (Å²) in [5, 5.41) is 7.24. The molecule has 1 N–H and O–H groups in total. The van der Waals surface area contributed by atoms with E-state index in [-0.39, 0.29) is 37.5 Å². The van der Waals surface area contributed by atoms with Gasteiger partial charge in [-0.2, -0.15) is 5.10 Å². The lowest BCUT2D eigenvalue weighted by atomic mass is 10.1. The first-order valence-corrected chi connectivity index (χ1v) is 10.9. The van der Waals surface area contributed by atoms with Crippen molar-refractivity contribution < 1.29 is 22.8 Å². The molecule has 4 heterocycles. The van der Waals surface area contributed by atoms with Gasteiger partial charge in [-0.3, -0.25) is 14.3 Å². The Balaban J connectivity index is 1.39. The predicted molar refractivity (Wildman–Crippen MR) is 122 cm³/mol. The molecule has 5 rings (SSSR count). The number of nitrogens with one attached hydrogen (secondary N) is 1. The lowest BCUT2D eigenvalue weighted by Gasteiger charge is -2.31. The highest BCUT2D eigenvalue weighted by atomic mass is 19.3. The zero-order chi connectivity index (χ0) is 24.7. The molecule has 1 saturated heterocycles. The molecule has 180 valence electrons. The molecule has 0 atom stereocenters. The van der Waals surface area contributed by atoms with Gasteiger partial charge in [0.1, 0.15) is 11.5 Å². The van der Waals surface area contributed by atoms with Crippen molar-refractivity contribution in [3.63, 3.8) is 0 Å². The minimum absolute atomic E-state index is 0.0122. The van der Waals surface area contributed by atoms with E-state index in [4.69, 9.17) is 0 Å². The molecule has 1 fully saturated rings. The molecular formula is C24H21F3N6O2. The van der Waals surface area contributed by atoms with Gasteiger partial charge < -0.3 is 14.8 Å². The molecule has 0 spiro atoms. The van der Waals surface area contributed by atoms with Crippen molar-refractivity contribution in [2.45, 2.75) is 18.8 Å². The maximum Gasteiger partial charge on any atom is 0.258 e. The number of benzene rings is 1. The van der Waals surface area contributed by atoms with Crippen molar-refractivity contribution in [1.82, 2.24) is 24.2 Å². The SMILES string of the molecule is Cn1cc(C(=O)Nc2cc(F)cc(-n3ccc4cc(C(=O)N5CCC(F)(F)CC5)cnc43)c2)cn1. The topological polar surface area (TPSA) is 85.0 Å². The zero-order valence-corrected chi connectivity index (χ0v) is 18.7. The number of piperidine rings is 1. The molecule has 0 radical (unpaired) electrons. The van der Waals surface area contributed by atoms with Gasteiger partial charge >= 0.3 is 0 Å². The van der Waals surface area contributed by atoms with Crippen LogP contribution in [0.3, 0.4) is 0 Å². The Morgan fingerprint density at radius 2 is 1.83 bits per heavy atom. The summed E-state index contributed by atoms with van der Waals surface area (Å²) in [5.41, 5.74) is 1.78. The van der Waals surface area contributed by atoms with Crippen LogP contribution in [0.15, 0.2) is 55.1 Å². The number of amides is 2. The van der Waals surface area contributed by atoms with E-state index in [1.807, 2.05) is 0 Å². The molecule has 4 aromatic rings. The number of rotatable bonds is 4. The van der Waals surface area contributed by atoms with E-state index in [2.05, 4.69) is 15.4 Å². The minimum Gasteiger partial charge on any atom is -0.338 e. The zero-order valence-electron chi connectivity index (χ0n) is 18.7. The second-order valence-corrected chi connectivity index (χ2v) is 8.53. The van der Waals surface area contributed by atoms with E-state index < -0.39 is 17.6 Å². The van der Waals surface area contributed by atoms with Gasteiger partial charge in [0.15, 0.2) is 0 Å². The Morgan fingerprint density at radius 1 is 1.06 bits per heavy atom. The summed E-state index contributed by atoms with van der Waals surface area (Å²) in [4.78, 5) is 31.0. The van der Waals surface area contributed by atoms with E-state index >= 15 is 0 Å². The second-order valence-electron chi connectivity index (χ2n) is 8.53. The number of aryl methyl sites for hydroxylation is 1. The molecule has 1 aliphatic heterocycles. The number of likely N-dealkylation sites (tertiary alicyclic amines) is 1. The summed E-state index contributed by atoms with van der Waals surface area (Å²) in [5.74, 6) is -4.07. The van der Waals surface area contributed by atoms with Gasteiger partial charge in [0, 0.05) is 62.6 Å². The highest BCUT2D eigenvalue weighted by molar-refractivity contribution is 6.04. The Hall–Kier alpha value is -4.15. The van der Waals surface area contributed by atoms with Crippen molar-refractivity contribution in [2.75, 3.05) is 18.4 Å². The Bertz CT molecular complexity index is 1430. The third kappa shape index (κ3) is 4.61. The first-order chi connectivity index (χ1) is 16.7. The van der Waals surface area contributed by atoms with Crippen molar-refractivity contribution in [2.24, 2.45) is 7.05 Å². The average molecular weight is 482 g/mol. The number of halogens is 3. The quantitative estimate of drug-likeness (QED) is 0.476. The van der Waals surface area contributed by atoms with Crippen LogP contribution < -0.4 is 5.32 Å². The smallest absolute Gasteiger partial charge is 0.258 e. The van der Waals surface area contributed by atoms with Crippen LogP contribution in [-0.4, -0.2) is 55.1 Å². The monoisotopic (exact) mass is 482 g/mol. The number of anilines is 1. The van der Waals surface area contributed by atoms with E-state index in [0.29, 0.717) is 27.8 Å². The first kappa shape index (κ1) is 22.6. The maximum atomic E-state index is 14.4. The summed E-state index contributed by atoms with van der Waals surface area (Å²) < 4.78 is 44.4. The maximum absolute atomic E-state index is 14.4. The number of alkyl halides is 2. The van der Waals surface area contributed by atoms with Gasteiger partial charge in [-0.25, -0.2) is 18.2 Å². The van der Waals surface area contributed by atoms with E-state index in [1.54, 1.807) is 42.2 Å². The average Bonchev–Trinajstić information content (AvgIpc) is 3.44. The fourth-order valence-corrected chi connectivity index (χ4v) is 4.10. The molecule has 8 nitrogen and oxygen atoms in total. The number of hydrogen-bond donors (Lipinski definition) is 1. The number of pyridine rings is 1. The van der Waals surface area contributed by atoms with Crippen molar-refractivity contribution in [3.05, 3.63) is 72.1 Å². The van der Waals surface area contributed by atoms with Gasteiger partial charge in [-0.15, -0.1) is 0 Å². The van der Waals surface area contributed by atoms with E-state index in [9.17, 15) is 22.8 Å². The predicted octanol–water partition coefficient (Wildman–Crippen LogP) is 4.02. The lowest BCUT2D eigenvalue weighted by Crippen LogP contribution is -2.42. The molecule has 3 aromatic heterocycles. The molecule has 0 saturated carbocycles. The largest absolute Gasteiger partial charge is 0.338 e. The number of fused-ring (bicyclic) bond motifs is 1. The standard InChI is InChI=1S/C24H21F3N6O2/c1-31-14-17(13-29-31)22(34)30-19-9-18(25)10-20(11-19)33-5-2-15-8-16(12-28-21(15)33)23(35)32-6-3-24(26,27)4-7-32/h2,5,8-14H,3-4,6-7H2,1H3,(H,30,34). The Labute approximate surface area is 198 Å². The molecule has 11 heteroatoms. The van der Waals surface area contributed by atoms with Crippen LogP contribution in [-0.2, 0) is 7.05 Å². The summed E-state index contributed by atoms with van der Waals surface area (Å²) >= 11 is 0. The van der Waals surface area contributed by atoms with Gasteiger partial charge in [-0.05, 0) is 30.3 Å². The molecule has 2 amide bonds. The Kier molecular flexibility index (Phi) is 5.54. The lowest BCUT2D eigenvalue weighted by molar-refractivity contribution is -0.0494. The van der Waals surface area contributed by atoms with Crippen LogP contribution in [0.1, 0.15) is 33.6 Å². The molecule has 0 bridgehead atoms. The van der Waals surface area contributed by atoms with Crippen molar-refractivity contribution >= 4 is 28.5 Å². The van der Waals surface area contributed by atoms with Crippen LogP contribution in [0.5, 0.6) is 0 Å². The number of nitrogens with zero attached hydrogens (tertiary/aromatic N) is 5. The van der Waals surface area contributed by atoms with Gasteiger partial charge in [0.05, 0.1) is 23.0 Å². The van der Waals surface area contributed by atoms with Crippen LogP contribution in [0.25, 0.3) is 16.7 Å². The van der Waals surface area contributed by atoms with E-state index in [1.165, 1.54) is 34.1 Å². The highest BCUT2D eigenvalue weighted by Gasteiger charge is 2.35. The second kappa shape index (κ2) is 8.57. The normalized spacial score (nSPS) is 15.4. The third-order valence-corrected chi connectivity index (χ3v) is 5.94. The Morgan fingerprint density at radius 3 is 2.54 bits per heavy atom. The fourth-order valence-electron chi connectivity index (χ4n) is 4.10. The molecule has 0 unspecified atom stereocenters. The number of hydrogen-bond acceptors (Lipinski definition) is 4. The molecule has 0 aliphatic carbocycles. The van der Waals surface area contributed by atoms with E-state index in [0.717, 1.165) is 0 Å². The molecular weight excluding hydrogens is 461 g/mol. The number of carbonyl (C=O) groups is 2. The van der Waals surface area contributed by atoms with Crippen LogP contribution in [0.4, 0.5) is 18.9 Å². The van der Waals surface area contributed by atoms with Gasteiger partial charge in [0.2, 0.25) is 0 Å². The summed E-state index contributed by atoms with van der Waals surface area (Å²) in [6, 6.07) is 7.47. The summed E-state index contributed by atoms with van der Waals surface area (Å²) in [6.07, 6.45) is 5.31. The third-order valence-electron chi connectivity index (χ3n) is 5.94. The van der Waals surface area contributed by atoms with Crippen LogP contribution in [0.2, 0.25) is 0 Å². The fraction of sp³-hybridized carbons (Fsp3) is 0.250. The van der Waals surface area contributed by atoms with Gasteiger partial charge in [0.25, 0.3) is 17.7 Å². The van der Waals surface area contributed by atoms with Crippen LogP contribution in [0, 0.1) is 5.82 Å². The molecule has 1 aromatic carbocycles. The summed E-state index contributed by atoms with van der Waals surface area (Å²) in [7, 11) is 1.69. The van der Waals surface area contributed by atoms with Gasteiger partial charge in [-0.1, -0.05) is 0 Å². The number of aromatic nitrogens is 4. The molecule has 35 heavy (non-hydrogen) atoms. The van der Waals surface area contributed by atoms with Crippen LogP contribution >= 0.6 is 0 Å². The van der Waals surface area contributed by atoms with Crippen molar-refractivity contribution in [1.29, 1.82) is 0 Å².